The summed E-state index contributed by atoms with van der Waals surface area (Å²) < 4.78 is 0. The average molecular weight is 348 g/mol. The van der Waals surface area contributed by atoms with E-state index in [0.29, 0.717) is 0 Å². The Balaban J connectivity index is 1.91. The van der Waals surface area contributed by atoms with Crippen molar-refractivity contribution in [3.8, 4) is 5.88 Å². The zero-order chi connectivity index (χ0) is 18.4. The molecule has 1 aromatic heterocycles. The van der Waals surface area contributed by atoms with Crippen molar-refractivity contribution in [3.63, 3.8) is 0 Å². The normalized spacial score (nSPS) is 11.0. The molecule has 1 heterocycles. The van der Waals surface area contributed by atoms with Gasteiger partial charge in [-0.3, -0.25) is 4.79 Å². The van der Waals surface area contributed by atoms with Gasteiger partial charge in [0, 0.05) is 6.20 Å². The van der Waals surface area contributed by atoms with E-state index in [2.05, 4.69) is 20.4 Å². The van der Waals surface area contributed by atoms with E-state index >= 15 is 0 Å². The predicted octanol–water partition coefficient (Wildman–Crippen LogP) is 2.51. The minimum absolute atomic E-state index is 0.00998. The van der Waals surface area contributed by atoms with E-state index in [1.165, 1.54) is 6.20 Å². The zero-order valence-electron chi connectivity index (χ0n) is 13.6. The van der Waals surface area contributed by atoms with Crippen LogP contribution in [-0.2, 0) is 0 Å². The Bertz CT molecular complexity index is 875. The summed E-state index contributed by atoms with van der Waals surface area (Å²) in [7, 11) is 0. The first kappa shape index (κ1) is 17.1. The van der Waals surface area contributed by atoms with Crippen molar-refractivity contribution in [1.29, 1.82) is 0 Å². The first-order valence-corrected chi connectivity index (χ1v) is 7.83. The molecule has 0 bridgehead atoms. The molecule has 0 aliphatic rings. The number of carbonyl (C=O) groups is 1. The fraction of sp³-hybridized carbons (Fsp3) is 0.0526. The predicted molar refractivity (Wildman–Crippen MR) is 95.3 cm³/mol. The van der Waals surface area contributed by atoms with Crippen LogP contribution in [0.1, 0.15) is 33.4 Å². The largest absolute Gasteiger partial charge is 0.493 e. The van der Waals surface area contributed by atoms with E-state index < -0.39 is 17.8 Å². The summed E-state index contributed by atoms with van der Waals surface area (Å²) in [5, 5.41) is 24.2. The maximum Gasteiger partial charge on any atom is 0.259 e. The minimum atomic E-state index is -0.521. The van der Waals surface area contributed by atoms with Crippen molar-refractivity contribution < 1.29 is 15.1 Å². The quantitative estimate of drug-likeness (QED) is 0.373. The second kappa shape index (κ2) is 7.89. The summed E-state index contributed by atoms with van der Waals surface area (Å²) >= 11 is 0. The van der Waals surface area contributed by atoms with Crippen LogP contribution in [0.3, 0.4) is 0 Å². The maximum absolute atomic E-state index is 12.7. The van der Waals surface area contributed by atoms with Crippen molar-refractivity contribution in [2.24, 2.45) is 5.16 Å². The first-order valence-electron chi connectivity index (χ1n) is 7.83. The molecule has 0 unspecified atom stereocenters. The average Bonchev–Trinajstić information content (AvgIpc) is 2.68. The lowest BCUT2D eigenvalue weighted by molar-refractivity contribution is 0.0939. The molecule has 3 N–H and O–H groups in total. The second-order valence-corrected chi connectivity index (χ2v) is 5.44. The Hall–Kier alpha value is -3.74. The van der Waals surface area contributed by atoms with Crippen LogP contribution in [0.25, 0.3) is 0 Å². The highest BCUT2D eigenvalue weighted by molar-refractivity contribution is 5.96. The van der Waals surface area contributed by atoms with Gasteiger partial charge < -0.3 is 15.6 Å². The van der Waals surface area contributed by atoms with Gasteiger partial charge in [0.1, 0.15) is 11.8 Å². The molecule has 3 aromatic rings. The molecule has 7 heteroatoms. The summed E-state index contributed by atoms with van der Waals surface area (Å²) in [5.74, 6) is -1.02. The first-order chi connectivity index (χ1) is 12.7. The molecule has 26 heavy (non-hydrogen) atoms. The van der Waals surface area contributed by atoms with Crippen LogP contribution < -0.4 is 5.32 Å². The Morgan fingerprint density at radius 1 is 1.04 bits per heavy atom. The van der Waals surface area contributed by atoms with Gasteiger partial charge in [-0.1, -0.05) is 65.8 Å². The maximum atomic E-state index is 12.7. The van der Waals surface area contributed by atoms with Gasteiger partial charge in [0.15, 0.2) is 5.82 Å². The number of aromatic hydroxyl groups is 1. The van der Waals surface area contributed by atoms with Crippen LogP contribution in [-0.4, -0.2) is 32.4 Å². The van der Waals surface area contributed by atoms with Gasteiger partial charge in [-0.25, -0.2) is 4.98 Å². The molecular formula is C19H16N4O3. The highest BCUT2D eigenvalue weighted by Gasteiger charge is 2.20. The summed E-state index contributed by atoms with van der Waals surface area (Å²) in [4.78, 5) is 20.2. The molecule has 0 fully saturated rings. The number of hydrogen-bond acceptors (Lipinski definition) is 6. The molecule has 0 atom stereocenters. The van der Waals surface area contributed by atoms with Crippen LogP contribution in [0.2, 0.25) is 0 Å². The van der Waals surface area contributed by atoms with Gasteiger partial charge in [0.05, 0.1) is 6.04 Å². The number of amides is 1. The number of benzene rings is 2. The molecule has 130 valence electrons. The molecule has 0 saturated carbocycles. The summed E-state index contributed by atoms with van der Waals surface area (Å²) in [5.41, 5.74) is 1.73. The fourth-order valence-electron chi connectivity index (χ4n) is 2.52. The SMILES string of the molecule is O=C(NC(c1ccccc1)c1ccccc1)c1cnc(C=NO)nc1O. The summed E-state index contributed by atoms with van der Waals surface area (Å²) in [6.45, 7) is 0. The molecule has 0 radical (unpaired) electrons. The van der Waals surface area contributed by atoms with Crippen LogP contribution >= 0.6 is 0 Å². The Kier molecular flexibility index (Phi) is 5.19. The highest BCUT2D eigenvalue weighted by Crippen LogP contribution is 2.23. The number of aromatic nitrogens is 2. The van der Waals surface area contributed by atoms with Crippen molar-refractivity contribution in [2.45, 2.75) is 6.04 Å². The second-order valence-electron chi connectivity index (χ2n) is 5.44. The van der Waals surface area contributed by atoms with Crippen molar-refractivity contribution in [1.82, 2.24) is 15.3 Å². The van der Waals surface area contributed by atoms with Crippen molar-refractivity contribution >= 4 is 12.1 Å². The highest BCUT2D eigenvalue weighted by atomic mass is 16.4. The van der Waals surface area contributed by atoms with E-state index in [-0.39, 0.29) is 11.4 Å². The molecule has 1 amide bonds. The van der Waals surface area contributed by atoms with Gasteiger partial charge in [-0.05, 0) is 11.1 Å². The lowest BCUT2D eigenvalue weighted by atomic mass is 9.98. The van der Waals surface area contributed by atoms with Gasteiger partial charge in [0.2, 0.25) is 5.88 Å². The molecule has 0 saturated heterocycles. The standard InChI is InChI=1S/C19H16N4O3/c24-18-15(11-20-16(22-18)12-21-26)19(25)23-17(13-7-3-1-4-8-13)14-9-5-2-6-10-14/h1-12,17,26H,(H,23,25)(H,20,22,24). The van der Waals surface area contributed by atoms with Gasteiger partial charge in [0.25, 0.3) is 5.91 Å². The van der Waals surface area contributed by atoms with E-state index in [1.807, 2.05) is 60.7 Å². The van der Waals surface area contributed by atoms with E-state index in [9.17, 15) is 9.90 Å². The number of rotatable bonds is 5. The molecular weight excluding hydrogens is 332 g/mol. The Morgan fingerprint density at radius 3 is 2.12 bits per heavy atom. The molecule has 7 nitrogen and oxygen atoms in total. The number of hydrogen-bond donors (Lipinski definition) is 3. The van der Waals surface area contributed by atoms with Gasteiger partial charge in [-0.15, -0.1) is 0 Å². The smallest absolute Gasteiger partial charge is 0.259 e. The molecule has 0 aliphatic heterocycles. The lowest BCUT2D eigenvalue weighted by Gasteiger charge is -2.20. The number of oxime groups is 1. The molecule has 2 aromatic carbocycles. The third-order valence-corrected chi connectivity index (χ3v) is 3.75. The topological polar surface area (TPSA) is 108 Å². The third kappa shape index (κ3) is 3.84. The van der Waals surface area contributed by atoms with Gasteiger partial charge >= 0.3 is 0 Å². The summed E-state index contributed by atoms with van der Waals surface area (Å²) in [6.07, 6.45) is 2.14. The van der Waals surface area contributed by atoms with Crippen LogP contribution in [0.4, 0.5) is 0 Å². The Morgan fingerprint density at radius 2 is 1.62 bits per heavy atom. The van der Waals surface area contributed by atoms with E-state index in [1.54, 1.807) is 0 Å². The fourth-order valence-corrected chi connectivity index (χ4v) is 2.52. The number of nitrogens with zero attached hydrogens (tertiary/aromatic N) is 3. The van der Waals surface area contributed by atoms with E-state index in [4.69, 9.17) is 5.21 Å². The minimum Gasteiger partial charge on any atom is -0.493 e. The zero-order valence-corrected chi connectivity index (χ0v) is 13.6. The molecule has 0 aliphatic carbocycles. The molecule has 3 rings (SSSR count). The third-order valence-electron chi connectivity index (χ3n) is 3.75. The lowest BCUT2D eigenvalue weighted by Crippen LogP contribution is -2.29. The van der Waals surface area contributed by atoms with Crippen LogP contribution in [0.15, 0.2) is 72.0 Å². The molecule has 0 spiro atoms. The summed E-state index contributed by atoms with van der Waals surface area (Å²) in [6, 6.07) is 18.6. The van der Waals surface area contributed by atoms with Crippen molar-refractivity contribution in [2.75, 3.05) is 0 Å². The van der Waals surface area contributed by atoms with Crippen molar-refractivity contribution in [3.05, 3.63) is 89.4 Å². The van der Waals surface area contributed by atoms with E-state index in [0.717, 1.165) is 17.3 Å². The monoisotopic (exact) mass is 348 g/mol. The van der Waals surface area contributed by atoms with Crippen LogP contribution in [0.5, 0.6) is 5.88 Å². The number of nitrogens with one attached hydrogen (secondary N) is 1. The van der Waals surface area contributed by atoms with Crippen LogP contribution in [0, 0.1) is 0 Å². The number of carbonyl (C=O) groups excluding carboxylic acids is 1. The Labute approximate surface area is 149 Å². The van der Waals surface area contributed by atoms with Gasteiger partial charge in [-0.2, -0.15) is 4.98 Å².